The van der Waals surface area contributed by atoms with Crippen molar-refractivity contribution in [1.82, 2.24) is 0 Å². The Hall–Kier alpha value is -1.78. The van der Waals surface area contributed by atoms with Gasteiger partial charge in [-0.05, 0) is 18.2 Å². The van der Waals surface area contributed by atoms with Gasteiger partial charge in [0.05, 0.1) is 37.7 Å². The molecule has 0 N–H and O–H groups in total. The molecule has 2 heterocycles. The van der Waals surface area contributed by atoms with E-state index in [0.717, 1.165) is 24.5 Å². The lowest BCUT2D eigenvalue weighted by molar-refractivity contribution is 0.129. The fraction of sp³-hybridized carbons (Fsp3) is 0.286. The second-order valence-corrected chi connectivity index (χ2v) is 4.18. The highest BCUT2D eigenvalue weighted by molar-refractivity contribution is 5.58. The van der Waals surface area contributed by atoms with Crippen molar-refractivity contribution in [1.29, 1.82) is 0 Å². The Balaban J connectivity index is 1.79. The quantitative estimate of drug-likeness (QED) is 0.745. The van der Waals surface area contributed by atoms with Crippen molar-refractivity contribution in [2.75, 3.05) is 36.4 Å². The van der Waals surface area contributed by atoms with E-state index in [4.69, 9.17) is 9.68 Å². The largest absolute Gasteiger partial charge is 0.269 e. The number of benzene rings is 1. The topological polar surface area (TPSA) is 24.9 Å². The summed E-state index contributed by atoms with van der Waals surface area (Å²) in [6.45, 7) is 2.83. The lowest BCUT2D eigenvalue weighted by Crippen LogP contribution is -2.29. The van der Waals surface area contributed by atoms with Crippen molar-refractivity contribution in [2.45, 2.75) is 0 Å². The van der Waals surface area contributed by atoms with Gasteiger partial charge in [0.15, 0.2) is 0 Å². The van der Waals surface area contributed by atoms with Gasteiger partial charge in [-0.3, -0.25) is 9.68 Å². The van der Waals surface area contributed by atoms with Crippen LogP contribution < -0.4 is 10.1 Å². The molecule has 0 bridgehead atoms. The van der Waals surface area contributed by atoms with Crippen molar-refractivity contribution in [2.24, 2.45) is 0 Å². The van der Waals surface area contributed by atoms with Gasteiger partial charge in [-0.15, -0.1) is 0 Å². The summed E-state index contributed by atoms with van der Waals surface area (Å²) in [5.41, 5.74) is 2.10. The third kappa shape index (κ3) is 2.39. The summed E-state index contributed by atoms with van der Waals surface area (Å²) in [6.07, 6.45) is 8.27. The Bertz CT molecular complexity index is 431. The third-order valence-electron chi connectivity index (χ3n) is 2.93. The summed E-state index contributed by atoms with van der Waals surface area (Å²) < 4.78 is 0. The zero-order valence-electron chi connectivity index (χ0n) is 10.2. The van der Waals surface area contributed by atoms with E-state index in [2.05, 4.69) is 18.2 Å². The molecule has 0 aromatic heterocycles. The summed E-state index contributed by atoms with van der Waals surface area (Å²) in [5, 5.41) is 3.78. The van der Waals surface area contributed by atoms with Gasteiger partial charge in [-0.25, -0.2) is 10.1 Å². The molecule has 1 aromatic rings. The van der Waals surface area contributed by atoms with E-state index < -0.39 is 0 Å². The second-order valence-electron chi connectivity index (χ2n) is 4.18. The van der Waals surface area contributed by atoms with Crippen LogP contribution in [0.2, 0.25) is 0 Å². The molecule has 0 atom stereocenters. The summed E-state index contributed by atoms with van der Waals surface area (Å²) >= 11 is 0. The van der Waals surface area contributed by atoms with Crippen LogP contribution in [0.4, 0.5) is 11.4 Å². The Morgan fingerprint density at radius 1 is 0.778 bits per heavy atom. The van der Waals surface area contributed by atoms with E-state index in [1.54, 1.807) is 0 Å². The smallest absolute Gasteiger partial charge is 0.0931 e. The number of rotatable bonds is 2. The van der Waals surface area contributed by atoms with Crippen LogP contribution in [0.1, 0.15) is 0 Å². The van der Waals surface area contributed by atoms with E-state index in [-0.39, 0.29) is 0 Å². The summed E-state index contributed by atoms with van der Waals surface area (Å²) in [4.78, 5) is 11.2. The Morgan fingerprint density at radius 2 is 1.33 bits per heavy atom. The molecule has 3 rings (SSSR count). The molecule has 0 spiro atoms. The fourth-order valence-corrected chi connectivity index (χ4v) is 2.01. The molecular weight excluding hydrogens is 228 g/mol. The van der Waals surface area contributed by atoms with Crippen LogP contribution in [0, 0.1) is 0 Å². The average molecular weight is 244 g/mol. The molecule has 0 amide bonds. The van der Waals surface area contributed by atoms with Crippen molar-refractivity contribution >= 4 is 11.4 Å². The number of anilines is 2. The van der Waals surface area contributed by atoms with Crippen LogP contribution in [0.3, 0.4) is 0 Å². The van der Waals surface area contributed by atoms with Crippen LogP contribution in [-0.2, 0) is 9.68 Å². The first-order valence-electron chi connectivity index (χ1n) is 6.14. The third-order valence-corrected chi connectivity index (χ3v) is 2.93. The average Bonchev–Trinajstić information content (AvgIpc) is 2.49. The van der Waals surface area contributed by atoms with Crippen LogP contribution in [-0.4, -0.2) is 26.3 Å². The van der Waals surface area contributed by atoms with Crippen molar-refractivity contribution in [3.05, 3.63) is 48.6 Å². The van der Waals surface area contributed by atoms with Gasteiger partial charge >= 0.3 is 0 Å². The highest BCUT2D eigenvalue weighted by Crippen LogP contribution is 2.24. The van der Waals surface area contributed by atoms with Gasteiger partial charge < -0.3 is 0 Å². The lowest BCUT2D eigenvalue weighted by atomic mass is 10.2. The molecule has 0 saturated carbocycles. The summed E-state index contributed by atoms with van der Waals surface area (Å²) in [5.74, 6) is 0. The SMILES string of the molecule is C1=CCN(c2cccc(N3CC=CCO3)c2)OC1. The van der Waals surface area contributed by atoms with Gasteiger partial charge in [-0.1, -0.05) is 30.4 Å². The molecule has 4 nitrogen and oxygen atoms in total. The molecule has 0 unspecified atom stereocenters. The highest BCUT2D eigenvalue weighted by Gasteiger charge is 2.12. The van der Waals surface area contributed by atoms with Gasteiger partial charge in [0.25, 0.3) is 0 Å². The van der Waals surface area contributed by atoms with E-state index in [1.807, 2.05) is 40.5 Å². The van der Waals surface area contributed by atoms with E-state index in [9.17, 15) is 0 Å². The zero-order valence-corrected chi connectivity index (χ0v) is 10.2. The molecule has 0 radical (unpaired) electrons. The maximum absolute atomic E-state index is 5.58. The zero-order chi connectivity index (χ0) is 12.2. The number of hydroxylamine groups is 2. The van der Waals surface area contributed by atoms with Crippen LogP contribution in [0.15, 0.2) is 48.6 Å². The normalized spacial score (nSPS) is 19.3. The van der Waals surface area contributed by atoms with Gasteiger partial charge in [0, 0.05) is 0 Å². The predicted octanol–water partition coefficient (Wildman–Crippen LogP) is 2.30. The minimum Gasteiger partial charge on any atom is -0.269 e. The van der Waals surface area contributed by atoms with Gasteiger partial charge in [-0.2, -0.15) is 0 Å². The molecule has 0 aliphatic carbocycles. The van der Waals surface area contributed by atoms with Crippen LogP contribution in [0.25, 0.3) is 0 Å². The molecule has 0 saturated heterocycles. The summed E-state index contributed by atoms with van der Waals surface area (Å²) in [6, 6.07) is 8.19. The lowest BCUT2D eigenvalue weighted by Gasteiger charge is -2.28. The molecule has 18 heavy (non-hydrogen) atoms. The van der Waals surface area contributed by atoms with Crippen molar-refractivity contribution in [3.8, 4) is 0 Å². The molecular formula is C14H16N2O2. The molecule has 0 fully saturated rings. The van der Waals surface area contributed by atoms with Crippen molar-refractivity contribution < 1.29 is 9.68 Å². The maximum atomic E-state index is 5.58. The summed E-state index contributed by atoms with van der Waals surface area (Å²) in [7, 11) is 0. The fourth-order valence-electron chi connectivity index (χ4n) is 2.01. The Morgan fingerprint density at radius 3 is 1.78 bits per heavy atom. The second kappa shape index (κ2) is 5.25. The molecule has 1 aromatic carbocycles. The number of hydrogen-bond acceptors (Lipinski definition) is 4. The molecule has 2 aliphatic heterocycles. The van der Waals surface area contributed by atoms with Crippen molar-refractivity contribution in [3.63, 3.8) is 0 Å². The first-order chi connectivity index (χ1) is 8.93. The van der Waals surface area contributed by atoms with Crippen LogP contribution in [0.5, 0.6) is 0 Å². The minimum atomic E-state index is 0.632. The molecule has 2 aliphatic rings. The Kier molecular flexibility index (Phi) is 3.30. The highest BCUT2D eigenvalue weighted by atomic mass is 16.7. The Labute approximate surface area is 107 Å². The number of hydrogen-bond donors (Lipinski definition) is 0. The van der Waals surface area contributed by atoms with Gasteiger partial charge in [0.2, 0.25) is 0 Å². The van der Waals surface area contributed by atoms with E-state index in [1.165, 1.54) is 0 Å². The standard InChI is InChI=1S/C14H16N2O2/c1-3-10-17-15(8-1)13-6-5-7-14(12-13)16-9-2-4-11-18-16/h1-7,12H,8-11H2. The molecule has 94 valence electrons. The van der Waals surface area contributed by atoms with E-state index >= 15 is 0 Å². The maximum Gasteiger partial charge on any atom is 0.0931 e. The first-order valence-corrected chi connectivity index (χ1v) is 6.14. The number of nitrogens with zero attached hydrogens (tertiary/aromatic N) is 2. The predicted molar refractivity (Wildman–Crippen MR) is 71.3 cm³/mol. The monoisotopic (exact) mass is 244 g/mol. The van der Waals surface area contributed by atoms with E-state index in [0.29, 0.717) is 13.2 Å². The minimum absolute atomic E-state index is 0.632. The molecule has 4 heteroatoms. The first kappa shape index (κ1) is 11.3. The van der Waals surface area contributed by atoms with Crippen LogP contribution >= 0.6 is 0 Å². The van der Waals surface area contributed by atoms with Gasteiger partial charge in [0.1, 0.15) is 0 Å².